The normalized spacial score (nSPS) is 11.3. The minimum Gasteiger partial charge on any atom is -0.464 e. The molecule has 22 heavy (non-hydrogen) atoms. The molecule has 0 saturated carbocycles. The van der Waals surface area contributed by atoms with Crippen molar-refractivity contribution in [2.24, 2.45) is 5.92 Å². The molecule has 1 heterocycles. The fourth-order valence-corrected chi connectivity index (χ4v) is 2.35. The minimum atomic E-state index is -0.229. The number of hydrogen-bond donors (Lipinski definition) is 1. The average Bonchev–Trinajstić information content (AvgIpc) is 2.82. The molecule has 0 aliphatic rings. The van der Waals surface area contributed by atoms with Crippen LogP contribution in [0.1, 0.15) is 39.4 Å². The largest absolute Gasteiger partial charge is 0.464 e. The number of benzene rings is 1. The van der Waals surface area contributed by atoms with E-state index in [2.05, 4.69) is 11.9 Å². The number of hydrogen-bond acceptors (Lipinski definition) is 4. The van der Waals surface area contributed by atoms with E-state index in [0.29, 0.717) is 18.2 Å². The molecule has 0 amide bonds. The zero-order valence-electron chi connectivity index (χ0n) is 13.6. The van der Waals surface area contributed by atoms with Gasteiger partial charge in [0.25, 0.3) is 0 Å². The third-order valence-corrected chi connectivity index (χ3v) is 3.51. The number of unbranched alkanes of at least 4 members (excludes halogenated alkanes) is 1. The smallest absolute Gasteiger partial charge is 0.326 e. The van der Waals surface area contributed by atoms with Crippen LogP contribution < -0.4 is 5.73 Å². The lowest BCUT2D eigenvalue weighted by molar-refractivity contribution is -0.145. The van der Waals surface area contributed by atoms with E-state index in [1.54, 1.807) is 0 Å². The van der Waals surface area contributed by atoms with Gasteiger partial charge in [0.05, 0.1) is 17.8 Å². The minimum absolute atomic E-state index is 0.186. The van der Waals surface area contributed by atoms with E-state index in [1.165, 1.54) is 0 Å². The van der Waals surface area contributed by atoms with Crippen molar-refractivity contribution in [1.82, 2.24) is 9.55 Å². The summed E-state index contributed by atoms with van der Waals surface area (Å²) < 4.78 is 7.23. The van der Waals surface area contributed by atoms with E-state index < -0.39 is 0 Å². The molecule has 0 aliphatic carbocycles. The first-order valence-corrected chi connectivity index (χ1v) is 7.92. The first-order chi connectivity index (χ1) is 10.5. The van der Waals surface area contributed by atoms with E-state index in [0.717, 1.165) is 36.1 Å². The number of carbonyl (C=O) groups is 1. The summed E-state index contributed by atoms with van der Waals surface area (Å²) in [6.45, 7) is 6.81. The number of aromatic nitrogens is 2. The topological polar surface area (TPSA) is 70.1 Å². The molecule has 120 valence electrons. The van der Waals surface area contributed by atoms with Crippen LogP contribution in [0.15, 0.2) is 18.2 Å². The first kappa shape index (κ1) is 16.3. The number of para-hydroxylation sites is 1. The number of rotatable bonds is 7. The van der Waals surface area contributed by atoms with E-state index in [9.17, 15) is 4.79 Å². The van der Waals surface area contributed by atoms with E-state index in [-0.39, 0.29) is 12.5 Å². The summed E-state index contributed by atoms with van der Waals surface area (Å²) in [6, 6.07) is 5.67. The molecule has 0 atom stereocenters. The number of nitrogens with zero attached hydrogens (tertiary/aromatic N) is 2. The second-order valence-corrected chi connectivity index (χ2v) is 6.01. The molecule has 1 aromatic heterocycles. The van der Waals surface area contributed by atoms with Gasteiger partial charge in [0.2, 0.25) is 0 Å². The van der Waals surface area contributed by atoms with Crippen LogP contribution in [0.25, 0.3) is 11.0 Å². The molecule has 0 fully saturated rings. The number of imidazole rings is 1. The van der Waals surface area contributed by atoms with Gasteiger partial charge < -0.3 is 15.0 Å². The SMILES string of the molecule is CCCCc1nc2c(N)cccc2n1CC(=O)OCC(C)C. The summed E-state index contributed by atoms with van der Waals surface area (Å²) in [7, 11) is 0. The molecule has 0 bridgehead atoms. The molecule has 1 aromatic carbocycles. The van der Waals surface area contributed by atoms with Crippen LogP contribution in [0, 0.1) is 5.92 Å². The fourth-order valence-electron chi connectivity index (χ4n) is 2.35. The number of nitrogen functional groups attached to an aromatic ring is 1. The van der Waals surface area contributed by atoms with Crippen molar-refractivity contribution in [2.75, 3.05) is 12.3 Å². The van der Waals surface area contributed by atoms with Gasteiger partial charge in [-0.05, 0) is 24.5 Å². The average molecular weight is 303 g/mol. The number of nitrogens with two attached hydrogens (primary N) is 1. The van der Waals surface area contributed by atoms with Crippen LogP contribution in [0.5, 0.6) is 0 Å². The lowest BCUT2D eigenvalue weighted by Crippen LogP contribution is -2.17. The second-order valence-electron chi connectivity index (χ2n) is 6.01. The molecule has 0 saturated heterocycles. The molecular weight excluding hydrogens is 278 g/mol. The van der Waals surface area contributed by atoms with Gasteiger partial charge in [0.15, 0.2) is 0 Å². The number of carbonyl (C=O) groups excluding carboxylic acids is 1. The zero-order chi connectivity index (χ0) is 16.1. The van der Waals surface area contributed by atoms with Gasteiger partial charge in [-0.25, -0.2) is 4.98 Å². The van der Waals surface area contributed by atoms with Gasteiger partial charge in [-0.3, -0.25) is 4.79 Å². The van der Waals surface area contributed by atoms with Crippen molar-refractivity contribution in [3.63, 3.8) is 0 Å². The van der Waals surface area contributed by atoms with Crippen LogP contribution in [0.2, 0.25) is 0 Å². The molecule has 5 nitrogen and oxygen atoms in total. The van der Waals surface area contributed by atoms with Crippen molar-refractivity contribution < 1.29 is 9.53 Å². The van der Waals surface area contributed by atoms with Gasteiger partial charge in [0, 0.05) is 6.42 Å². The van der Waals surface area contributed by atoms with Gasteiger partial charge in [-0.1, -0.05) is 33.3 Å². The standard InChI is InChI=1S/C17H25N3O2/c1-4-5-9-15-19-17-13(18)7-6-8-14(17)20(15)10-16(21)22-11-12(2)3/h6-8,12H,4-5,9-11,18H2,1-3H3. The monoisotopic (exact) mass is 303 g/mol. The molecule has 2 aromatic rings. The highest BCUT2D eigenvalue weighted by Gasteiger charge is 2.15. The number of fused-ring (bicyclic) bond motifs is 1. The molecule has 0 aliphatic heterocycles. The highest BCUT2D eigenvalue weighted by Crippen LogP contribution is 2.23. The van der Waals surface area contributed by atoms with Crippen LogP contribution >= 0.6 is 0 Å². The van der Waals surface area contributed by atoms with Crippen molar-refractivity contribution in [1.29, 1.82) is 0 Å². The molecule has 0 radical (unpaired) electrons. The molecule has 2 N–H and O–H groups in total. The molecule has 0 unspecified atom stereocenters. The van der Waals surface area contributed by atoms with Gasteiger partial charge >= 0.3 is 5.97 Å². The fraction of sp³-hybridized carbons (Fsp3) is 0.529. The quantitative estimate of drug-likeness (QED) is 0.630. The Balaban J connectivity index is 2.28. The Bertz CT molecular complexity index is 647. The van der Waals surface area contributed by atoms with Crippen molar-refractivity contribution in [2.45, 2.75) is 46.6 Å². The van der Waals surface area contributed by atoms with E-state index in [4.69, 9.17) is 10.5 Å². The first-order valence-electron chi connectivity index (χ1n) is 7.92. The lowest BCUT2D eigenvalue weighted by Gasteiger charge is -2.10. The second kappa shape index (κ2) is 7.29. The van der Waals surface area contributed by atoms with Crippen LogP contribution in [0.4, 0.5) is 5.69 Å². The van der Waals surface area contributed by atoms with Gasteiger partial charge in [0.1, 0.15) is 17.9 Å². The molecular formula is C17H25N3O2. The number of aryl methyl sites for hydroxylation is 1. The predicted molar refractivity (Wildman–Crippen MR) is 88.6 cm³/mol. The number of ether oxygens (including phenoxy) is 1. The Kier molecular flexibility index (Phi) is 5.41. The third-order valence-electron chi connectivity index (χ3n) is 3.51. The summed E-state index contributed by atoms with van der Waals surface area (Å²) in [4.78, 5) is 16.7. The Morgan fingerprint density at radius 1 is 1.41 bits per heavy atom. The van der Waals surface area contributed by atoms with E-state index >= 15 is 0 Å². The van der Waals surface area contributed by atoms with Crippen LogP contribution in [-0.2, 0) is 22.5 Å². The van der Waals surface area contributed by atoms with Crippen molar-refractivity contribution in [3.8, 4) is 0 Å². The van der Waals surface area contributed by atoms with Gasteiger partial charge in [-0.15, -0.1) is 0 Å². The Hall–Kier alpha value is -2.04. The summed E-state index contributed by atoms with van der Waals surface area (Å²) >= 11 is 0. The molecule has 2 rings (SSSR count). The lowest BCUT2D eigenvalue weighted by atomic mass is 10.2. The maximum Gasteiger partial charge on any atom is 0.326 e. The van der Waals surface area contributed by atoms with E-state index in [1.807, 2.05) is 36.6 Å². The maximum absolute atomic E-state index is 12.1. The summed E-state index contributed by atoms with van der Waals surface area (Å²) in [5.74, 6) is 1.00. The molecule has 0 spiro atoms. The maximum atomic E-state index is 12.1. The van der Waals surface area contributed by atoms with Crippen LogP contribution in [0.3, 0.4) is 0 Å². The third kappa shape index (κ3) is 3.78. The Morgan fingerprint density at radius 3 is 2.86 bits per heavy atom. The summed E-state index contributed by atoms with van der Waals surface area (Å²) in [6.07, 6.45) is 2.95. The van der Waals surface area contributed by atoms with Crippen molar-refractivity contribution in [3.05, 3.63) is 24.0 Å². The van der Waals surface area contributed by atoms with Crippen LogP contribution in [-0.4, -0.2) is 22.1 Å². The predicted octanol–water partition coefficient (Wildman–Crippen LogP) is 3.16. The Morgan fingerprint density at radius 2 is 2.18 bits per heavy atom. The summed E-state index contributed by atoms with van der Waals surface area (Å²) in [5.41, 5.74) is 8.31. The highest BCUT2D eigenvalue weighted by atomic mass is 16.5. The van der Waals surface area contributed by atoms with Crippen molar-refractivity contribution >= 4 is 22.7 Å². The molecule has 5 heteroatoms. The highest BCUT2D eigenvalue weighted by molar-refractivity contribution is 5.88. The number of anilines is 1. The van der Waals surface area contributed by atoms with Gasteiger partial charge in [-0.2, -0.15) is 0 Å². The Labute approximate surface area is 131 Å². The number of esters is 1. The zero-order valence-corrected chi connectivity index (χ0v) is 13.6. The summed E-state index contributed by atoms with van der Waals surface area (Å²) in [5, 5.41) is 0.